The molecule has 0 saturated heterocycles. The molecule has 1 aliphatic rings. The first-order valence-electron chi connectivity index (χ1n) is 6.46. The van der Waals surface area contributed by atoms with Crippen molar-refractivity contribution in [1.29, 1.82) is 0 Å². The SMILES string of the molecule is CCc1ccc2c(c1)C(C[N+](=O)[O-])C([N+](=O)[O-])=C(NC)O2. The van der Waals surface area contributed by atoms with Crippen molar-refractivity contribution in [3.8, 4) is 5.75 Å². The molecule has 21 heavy (non-hydrogen) atoms. The number of aryl methyl sites for hydroxylation is 1. The normalized spacial score (nSPS) is 17.0. The molecule has 2 rings (SSSR count). The highest BCUT2D eigenvalue weighted by molar-refractivity contribution is 5.46. The molecule has 1 unspecified atom stereocenters. The first-order valence-corrected chi connectivity index (χ1v) is 6.46. The van der Waals surface area contributed by atoms with Gasteiger partial charge in [-0.15, -0.1) is 0 Å². The number of ether oxygens (including phenoxy) is 1. The van der Waals surface area contributed by atoms with Crippen LogP contribution in [0.1, 0.15) is 24.0 Å². The minimum atomic E-state index is -0.937. The highest BCUT2D eigenvalue weighted by atomic mass is 16.6. The highest BCUT2D eigenvalue weighted by Gasteiger charge is 2.41. The van der Waals surface area contributed by atoms with Crippen molar-refractivity contribution in [3.63, 3.8) is 0 Å². The second-order valence-electron chi connectivity index (χ2n) is 4.62. The quantitative estimate of drug-likeness (QED) is 0.653. The molecule has 1 N–H and O–H groups in total. The molecular weight excluding hydrogens is 278 g/mol. The summed E-state index contributed by atoms with van der Waals surface area (Å²) >= 11 is 0. The molecule has 1 aliphatic heterocycles. The molecule has 0 spiro atoms. The maximum atomic E-state index is 11.3. The Balaban J connectivity index is 2.60. The van der Waals surface area contributed by atoms with Gasteiger partial charge in [0, 0.05) is 17.5 Å². The lowest BCUT2D eigenvalue weighted by Crippen LogP contribution is -2.30. The number of hydrogen-bond donors (Lipinski definition) is 1. The molecule has 8 nitrogen and oxygen atoms in total. The van der Waals surface area contributed by atoms with Crippen LogP contribution < -0.4 is 10.1 Å². The number of fused-ring (bicyclic) bond motifs is 1. The Bertz CT molecular complexity index is 626. The molecule has 1 aromatic carbocycles. The molecule has 0 aliphatic carbocycles. The number of benzene rings is 1. The molecular formula is C13H15N3O5. The van der Waals surface area contributed by atoms with Gasteiger partial charge >= 0.3 is 5.70 Å². The van der Waals surface area contributed by atoms with Crippen LogP contribution in [0.2, 0.25) is 0 Å². The third-order valence-electron chi connectivity index (χ3n) is 3.39. The van der Waals surface area contributed by atoms with Crippen LogP contribution in [-0.2, 0) is 6.42 Å². The number of nitrogens with zero attached hydrogens (tertiary/aromatic N) is 2. The fourth-order valence-corrected chi connectivity index (χ4v) is 2.37. The molecule has 0 bridgehead atoms. The summed E-state index contributed by atoms with van der Waals surface area (Å²) < 4.78 is 5.47. The van der Waals surface area contributed by atoms with Crippen LogP contribution in [0.3, 0.4) is 0 Å². The molecule has 1 aromatic rings. The summed E-state index contributed by atoms with van der Waals surface area (Å²) in [4.78, 5) is 21.0. The number of nitro groups is 2. The predicted octanol–water partition coefficient (Wildman–Crippen LogP) is 1.67. The smallest absolute Gasteiger partial charge is 0.319 e. The zero-order valence-corrected chi connectivity index (χ0v) is 11.7. The summed E-state index contributed by atoms with van der Waals surface area (Å²) in [5.74, 6) is -0.578. The van der Waals surface area contributed by atoms with E-state index in [1.165, 1.54) is 7.05 Å². The lowest BCUT2D eigenvalue weighted by molar-refractivity contribution is -0.495. The van der Waals surface area contributed by atoms with Gasteiger partial charge in [0.15, 0.2) is 0 Å². The van der Waals surface area contributed by atoms with Crippen molar-refractivity contribution in [2.45, 2.75) is 19.3 Å². The van der Waals surface area contributed by atoms with E-state index < -0.39 is 22.3 Å². The van der Waals surface area contributed by atoms with Crippen LogP contribution in [0.25, 0.3) is 0 Å². The van der Waals surface area contributed by atoms with Crippen molar-refractivity contribution in [2.75, 3.05) is 13.6 Å². The zero-order valence-electron chi connectivity index (χ0n) is 11.7. The van der Waals surface area contributed by atoms with Crippen LogP contribution >= 0.6 is 0 Å². The van der Waals surface area contributed by atoms with E-state index in [4.69, 9.17) is 4.74 Å². The van der Waals surface area contributed by atoms with Crippen molar-refractivity contribution in [3.05, 3.63) is 61.1 Å². The summed E-state index contributed by atoms with van der Waals surface area (Å²) in [5.41, 5.74) is 1.12. The largest absolute Gasteiger partial charge is 0.435 e. The van der Waals surface area contributed by atoms with Gasteiger partial charge in [-0.05, 0) is 18.1 Å². The number of rotatable bonds is 5. The first kappa shape index (κ1) is 14.8. The van der Waals surface area contributed by atoms with E-state index in [0.717, 1.165) is 12.0 Å². The van der Waals surface area contributed by atoms with E-state index in [9.17, 15) is 20.2 Å². The molecule has 8 heteroatoms. The van der Waals surface area contributed by atoms with Crippen molar-refractivity contribution in [2.24, 2.45) is 0 Å². The lowest BCUT2D eigenvalue weighted by atomic mass is 9.91. The average molecular weight is 293 g/mol. The summed E-state index contributed by atoms with van der Waals surface area (Å²) in [7, 11) is 1.48. The van der Waals surface area contributed by atoms with Crippen LogP contribution in [0.4, 0.5) is 0 Å². The third-order valence-corrected chi connectivity index (χ3v) is 3.39. The highest BCUT2D eigenvalue weighted by Crippen LogP contribution is 2.39. The maximum Gasteiger partial charge on any atom is 0.319 e. The Hall–Kier alpha value is -2.64. The molecule has 0 amide bonds. The second-order valence-corrected chi connectivity index (χ2v) is 4.62. The van der Waals surface area contributed by atoms with Gasteiger partial charge in [0.05, 0.1) is 4.92 Å². The minimum absolute atomic E-state index is 0.0522. The van der Waals surface area contributed by atoms with Gasteiger partial charge in [-0.1, -0.05) is 19.1 Å². The molecule has 1 heterocycles. The minimum Gasteiger partial charge on any atom is -0.435 e. The van der Waals surface area contributed by atoms with E-state index in [2.05, 4.69) is 5.32 Å². The van der Waals surface area contributed by atoms with E-state index >= 15 is 0 Å². The molecule has 0 saturated carbocycles. The van der Waals surface area contributed by atoms with Gasteiger partial charge in [-0.2, -0.15) is 0 Å². The molecule has 0 aromatic heterocycles. The zero-order chi connectivity index (χ0) is 15.6. The standard InChI is InChI=1S/C13H15N3O5/c1-3-8-4-5-11-9(6-8)10(7-15(17)18)12(16(19)20)13(14-2)21-11/h4-6,10,14H,3,7H2,1-2H3. The number of hydrogen-bond acceptors (Lipinski definition) is 6. The third kappa shape index (κ3) is 2.78. The van der Waals surface area contributed by atoms with Gasteiger partial charge in [0.2, 0.25) is 6.54 Å². The Morgan fingerprint density at radius 1 is 1.33 bits per heavy atom. The Morgan fingerprint density at radius 3 is 2.57 bits per heavy atom. The second kappa shape index (κ2) is 5.78. The summed E-state index contributed by atoms with van der Waals surface area (Å²) in [6.07, 6.45) is 0.731. The van der Waals surface area contributed by atoms with Crippen LogP contribution in [-0.4, -0.2) is 23.4 Å². The van der Waals surface area contributed by atoms with E-state index in [1.807, 2.05) is 13.0 Å². The molecule has 0 fully saturated rings. The van der Waals surface area contributed by atoms with Crippen molar-refractivity contribution in [1.82, 2.24) is 5.32 Å². The van der Waals surface area contributed by atoms with Crippen LogP contribution in [0.15, 0.2) is 29.8 Å². The van der Waals surface area contributed by atoms with Crippen molar-refractivity contribution < 1.29 is 14.6 Å². The predicted molar refractivity (Wildman–Crippen MR) is 74.1 cm³/mol. The Kier molecular flexibility index (Phi) is 4.06. The summed E-state index contributed by atoms with van der Waals surface area (Å²) in [5, 5.41) is 24.8. The average Bonchev–Trinajstić information content (AvgIpc) is 2.45. The van der Waals surface area contributed by atoms with Crippen molar-refractivity contribution >= 4 is 0 Å². The fraction of sp³-hybridized carbons (Fsp3) is 0.385. The van der Waals surface area contributed by atoms with Gasteiger partial charge in [-0.3, -0.25) is 20.2 Å². The van der Waals surface area contributed by atoms with Gasteiger partial charge < -0.3 is 10.1 Å². The van der Waals surface area contributed by atoms with Crippen LogP contribution in [0, 0.1) is 20.2 Å². The van der Waals surface area contributed by atoms with E-state index in [1.54, 1.807) is 12.1 Å². The topological polar surface area (TPSA) is 108 Å². The van der Waals surface area contributed by atoms with Gasteiger partial charge in [-0.25, -0.2) is 0 Å². The molecule has 1 atom stereocenters. The van der Waals surface area contributed by atoms with Gasteiger partial charge in [0.1, 0.15) is 11.7 Å². The summed E-state index contributed by atoms with van der Waals surface area (Å²) in [6, 6.07) is 5.26. The lowest BCUT2D eigenvalue weighted by Gasteiger charge is -2.23. The number of nitrogens with one attached hydrogen (secondary N) is 1. The van der Waals surface area contributed by atoms with Gasteiger partial charge in [0.25, 0.3) is 5.88 Å². The van der Waals surface area contributed by atoms with E-state index in [-0.39, 0.29) is 11.6 Å². The summed E-state index contributed by atoms with van der Waals surface area (Å²) in [6.45, 7) is 1.39. The molecule has 112 valence electrons. The Labute approximate surface area is 120 Å². The Morgan fingerprint density at radius 2 is 2.05 bits per heavy atom. The van der Waals surface area contributed by atoms with E-state index in [0.29, 0.717) is 11.3 Å². The fourth-order valence-electron chi connectivity index (χ4n) is 2.37. The first-order chi connectivity index (χ1) is 9.97. The maximum absolute atomic E-state index is 11.3. The monoisotopic (exact) mass is 293 g/mol. The molecule has 0 radical (unpaired) electrons. The van der Waals surface area contributed by atoms with Crippen LogP contribution in [0.5, 0.6) is 5.75 Å².